The third-order valence-electron chi connectivity index (χ3n) is 4.24. The topological polar surface area (TPSA) is 29.5 Å². The highest BCUT2D eigenvalue weighted by atomic mass is 19.4. The van der Waals surface area contributed by atoms with Gasteiger partial charge in [-0.2, -0.15) is 13.2 Å². The van der Waals surface area contributed by atoms with Gasteiger partial charge in [0.15, 0.2) is 0 Å². The maximum atomic E-state index is 13.3. The van der Waals surface area contributed by atoms with Crippen LogP contribution < -0.4 is 4.90 Å². The SMILES string of the molecule is CC1CN(C(=O)OC(C)(C)C)c2ccc3c(C(F)(F)F)cccc3c21. The fraction of sp³-hybridized carbons (Fsp3) is 0.421. The third kappa shape index (κ3) is 3.17. The van der Waals surface area contributed by atoms with Gasteiger partial charge in [0.1, 0.15) is 5.60 Å². The highest BCUT2D eigenvalue weighted by Crippen LogP contribution is 2.44. The second-order valence-corrected chi connectivity index (χ2v) is 7.39. The summed E-state index contributed by atoms with van der Waals surface area (Å²) in [6.07, 6.45) is -4.90. The summed E-state index contributed by atoms with van der Waals surface area (Å²) >= 11 is 0. The molecular formula is C19H20F3NO2. The molecule has 0 fully saturated rings. The Kier molecular flexibility index (Phi) is 3.97. The van der Waals surface area contributed by atoms with Gasteiger partial charge in [0, 0.05) is 12.5 Å². The average Bonchev–Trinajstić information content (AvgIpc) is 2.81. The number of halogens is 3. The smallest absolute Gasteiger partial charge is 0.417 e. The number of hydrogen-bond donors (Lipinski definition) is 0. The summed E-state index contributed by atoms with van der Waals surface area (Å²) in [7, 11) is 0. The zero-order valence-corrected chi connectivity index (χ0v) is 14.6. The molecule has 0 aromatic heterocycles. The fourth-order valence-electron chi connectivity index (χ4n) is 3.32. The number of amides is 1. The highest BCUT2D eigenvalue weighted by Gasteiger charge is 2.37. The molecule has 25 heavy (non-hydrogen) atoms. The van der Waals surface area contributed by atoms with Gasteiger partial charge >= 0.3 is 12.3 Å². The van der Waals surface area contributed by atoms with E-state index in [9.17, 15) is 18.0 Å². The maximum Gasteiger partial charge on any atom is 0.417 e. The van der Waals surface area contributed by atoms with E-state index in [0.29, 0.717) is 17.6 Å². The van der Waals surface area contributed by atoms with E-state index in [-0.39, 0.29) is 11.3 Å². The van der Waals surface area contributed by atoms with Gasteiger partial charge < -0.3 is 4.74 Å². The van der Waals surface area contributed by atoms with Crippen LogP contribution in [0.5, 0.6) is 0 Å². The van der Waals surface area contributed by atoms with E-state index in [1.54, 1.807) is 32.9 Å². The van der Waals surface area contributed by atoms with Crippen molar-refractivity contribution in [1.29, 1.82) is 0 Å². The number of rotatable bonds is 0. The summed E-state index contributed by atoms with van der Waals surface area (Å²) < 4.78 is 45.2. The van der Waals surface area contributed by atoms with E-state index in [0.717, 1.165) is 11.6 Å². The molecule has 3 nitrogen and oxygen atoms in total. The Labute approximate surface area is 144 Å². The minimum Gasteiger partial charge on any atom is -0.443 e. The molecule has 0 radical (unpaired) electrons. The first-order valence-electron chi connectivity index (χ1n) is 8.12. The summed E-state index contributed by atoms with van der Waals surface area (Å²) in [5.74, 6) is -0.0743. The second kappa shape index (κ2) is 5.64. The number of alkyl halides is 3. The quantitative estimate of drug-likeness (QED) is 0.608. The average molecular weight is 351 g/mol. The molecule has 0 bridgehead atoms. The van der Waals surface area contributed by atoms with Gasteiger partial charge in [-0.1, -0.05) is 25.1 Å². The summed E-state index contributed by atoms with van der Waals surface area (Å²) in [6.45, 7) is 7.63. The monoisotopic (exact) mass is 351 g/mol. The van der Waals surface area contributed by atoms with Gasteiger partial charge in [-0.3, -0.25) is 4.90 Å². The molecule has 2 aromatic carbocycles. The van der Waals surface area contributed by atoms with Crippen molar-refractivity contribution >= 4 is 22.6 Å². The molecule has 1 aliphatic rings. The van der Waals surface area contributed by atoms with Crippen LogP contribution in [0.25, 0.3) is 10.8 Å². The summed E-state index contributed by atoms with van der Waals surface area (Å²) in [6, 6.07) is 7.19. The Hall–Kier alpha value is -2.24. The first-order valence-corrected chi connectivity index (χ1v) is 8.12. The largest absolute Gasteiger partial charge is 0.443 e. The molecule has 1 aliphatic heterocycles. The minimum absolute atomic E-state index is 0.0743. The van der Waals surface area contributed by atoms with Crippen molar-refractivity contribution < 1.29 is 22.7 Å². The number of hydrogen-bond acceptors (Lipinski definition) is 2. The lowest BCUT2D eigenvalue weighted by atomic mass is 9.94. The van der Waals surface area contributed by atoms with Gasteiger partial charge in [-0.05, 0) is 49.2 Å². The van der Waals surface area contributed by atoms with Gasteiger partial charge in [0.2, 0.25) is 0 Å². The molecule has 0 aliphatic carbocycles. The lowest BCUT2D eigenvalue weighted by Crippen LogP contribution is -2.36. The standard InChI is InChI=1S/C19H20F3NO2/c1-11-10-23(17(24)25-18(2,3)4)15-9-8-12-13(16(11)15)6-5-7-14(12)19(20,21)22/h5-9,11H,10H2,1-4H3. The van der Waals surface area contributed by atoms with Crippen molar-refractivity contribution in [3.05, 3.63) is 41.5 Å². The number of carbonyl (C=O) groups is 1. The molecule has 0 spiro atoms. The zero-order valence-electron chi connectivity index (χ0n) is 14.6. The minimum atomic E-state index is -4.42. The molecule has 0 saturated heterocycles. The molecule has 1 amide bonds. The number of carbonyl (C=O) groups excluding carboxylic acids is 1. The van der Waals surface area contributed by atoms with Gasteiger partial charge in [-0.25, -0.2) is 4.79 Å². The Morgan fingerprint density at radius 1 is 1.12 bits per heavy atom. The van der Waals surface area contributed by atoms with E-state index >= 15 is 0 Å². The van der Waals surface area contributed by atoms with Crippen LogP contribution in [0.2, 0.25) is 0 Å². The van der Waals surface area contributed by atoms with Crippen molar-refractivity contribution in [2.24, 2.45) is 0 Å². The molecular weight excluding hydrogens is 331 g/mol. The molecule has 2 aromatic rings. The van der Waals surface area contributed by atoms with Gasteiger partial charge in [-0.15, -0.1) is 0 Å². The lowest BCUT2D eigenvalue weighted by Gasteiger charge is -2.25. The number of ether oxygens (including phenoxy) is 1. The zero-order chi connectivity index (χ0) is 18.6. The van der Waals surface area contributed by atoms with Crippen molar-refractivity contribution in [3.8, 4) is 0 Å². The molecule has 134 valence electrons. The van der Waals surface area contributed by atoms with E-state index in [4.69, 9.17) is 4.74 Å². The van der Waals surface area contributed by atoms with Crippen molar-refractivity contribution in [2.45, 2.75) is 45.4 Å². The molecule has 0 N–H and O–H groups in total. The maximum absolute atomic E-state index is 13.3. The third-order valence-corrected chi connectivity index (χ3v) is 4.24. The predicted octanol–water partition coefficient (Wildman–Crippen LogP) is 5.72. The Bertz CT molecular complexity index is 837. The highest BCUT2D eigenvalue weighted by molar-refractivity contribution is 6.00. The number of anilines is 1. The van der Waals surface area contributed by atoms with Crippen LogP contribution in [0, 0.1) is 0 Å². The summed E-state index contributed by atoms with van der Waals surface area (Å²) in [5.41, 5.74) is 0.0855. The van der Waals surface area contributed by atoms with Crippen molar-refractivity contribution in [3.63, 3.8) is 0 Å². The van der Waals surface area contributed by atoms with Crippen LogP contribution >= 0.6 is 0 Å². The van der Waals surface area contributed by atoms with E-state index in [1.165, 1.54) is 17.0 Å². The summed E-state index contributed by atoms with van der Waals surface area (Å²) in [5, 5.41) is 0.692. The van der Waals surface area contributed by atoms with Crippen molar-refractivity contribution in [2.75, 3.05) is 11.4 Å². The molecule has 1 atom stereocenters. The summed E-state index contributed by atoms with van der Waals surface area (Å²) in [4.78, 5) is 14.0. The van der Waals surface area contributed by atoms with E-state index in [1.807, 2.05) is 6.92 Å². The van der Waals surface area contributed by atoms with Crippen molar-refractivity contribution in [1.82, 2.24) is 0 Å². The Balaban J connectivity index is 2.13. The van der Waals surface area contributed by atoms with Crippen LogP contribution in [0.1, 0.15) is 44.7 Å². The number of fused-ring (bicyclic) bond motifs is 3. The second-order valence-electron chi connectivity index (χ2n) is 7.39. The lowest BCUT2D eigenvalue weighted by molar-refractivity contribution is -0.136. The Morgan fingerprint density at radius 2 is 1.80 bits per heavy atom. The van der Waals surface area contributed by atoms with Crippen LogP contribution in [-0.4, -0.2) is 18.2 Å². The first kappa shape index (κ1) is 17.6. The van der Waals surface area contributed by atoms with E-state index in [2.05, 4.69) is 0 Å². The predicted molar refractivity (Wildman–Crippen MR) is 90.9 cm³/mol. The van der Waals surface area contributed by atoms with Crippen LogP contribution in [-0.2, 0) is 10.9 Å². The normalized spacial score (nSPS) is 17.7. The molecule has 1 heterocycles. The van der Waals surface area contributed by atoms with Crippen LogP contribution in [0.15, 0.2) is 30.3 Å². The van der Waals surface area contributed by atoms with Gasteiger partial charge in [0.05, 0.1) is 11.3 Å². The molecule has 3 rings (SSSR count). The first-order chi connectivity index (χ1) is 11.5. The number of nitrogens with zero attached hydrogens (tertiary/aromatic N) is 1. The Morgan fingerprint density at radius 3 is 2.40 bits per heavy atom. The molecule has 6 heteroatoms. The fourth-order valence-corrected chi connectivity index (χ4v) is 3.32. The van der Waals surface area contributed by atoms with Crippen LogP contribution in [0.3, 0.4) is 0 Å². The molecule has 0 saturated carbocycles. The number of benzene rings is 2. The van der Waals surface area contributed by atoms with Gasteiger partial charge in [0.25, 0.3) is 0 Å². The van der Waals surface area contributed by atoms with E-state index < -0.39 is 23.4 Å². The van der Waals surface area contributed by atoms with Crippen LogP contribution in [0.4, 0.5) is 23.7 Å². The molecule has 1 unspecified atom stereocenters.